The third-order valence-electron chi connectivity index (χ3n) is 6.57. The molecule has 1 N–H and O–H groups in total. The van der Waals surface area contributed by atoms with E-state index in [9.17, 15) is 18.8 Å². The lowest BCUT2D eigenvalue weighted by Crippen LogP contribution is -2.48. The first-order valence-corrected chi connectivity index (χ1v) is 12.6. The number of amides is 3. The topological polar surface area (TPSA) is 88.2 Å². The molecule has 3 amide bonds. The van der Waals surface area contributed by atoms with Crippen molar-refractivity contribution in [3.63, 3.8) is 0 Å². The minimum Gasteiger partial charge on any atom is -0.491 e. The van der Waals surface area contributed by atoms with Crippen LogP contribution >= 0.6 is 0 Å². The summed E-state index contributed by atoms with van der Waals surface area (Å²) in [7, 11) is 3.25. The number of methoxy groups -OCH3 is 1. The highest BCUT2D eigenvalue weighted by Crippen LogP contribution is 2.27. The second kappa shape index (κ2) is 12.7. The van der Waals surface area contributed by atoms with Crippen molar-refractivity contribution in [1.29, 1.82) is 0 Å². The number of nitrogens with zero attached hydrogens (tertiary/aromatic N) is 2. The molecule has 1 aliphatic heterocycles. The Labute approximate surface area is 217 Å². The fourth-order valence-corrected chi connectivity index (χ4v) is 4.37. The summed E-state index contributed by atoms with van der Waals surface area (Å²) in [6.07, 6.45) is 0.716. The van der Waals surface area contributed by atoms with Gasteiger partial charge in [-0.2, -0.15) is 0 Å². The van der Waals surface area contributed by atoms with Crippen LogP contribution in [0.25, 0.3) is 0 Å². The maximum absolute atomic E-state index is 14.5. The quantitative estimate of drug-likeness (QED) is 0.647. The third kappa shape index (κ3) is 6.85. The molecule has 0 aliphatic carbocycles. The zero-order valence-corrected chi connectivity index (χ0v) is 22.1. The summed E-state index contributed by atoms with van der Waals surface area (Å²) < 4.78 is 26.3. The fraction of sp³-hybridized carbons (Fsp3) is 0.464. The van der Waals surface area contributed by atoms with Crippen molar-refractivity contribution >= 4 is 23.4 Å². The van der Waals surface area contributed by atoms with Crippen molar-refractivity contribution in [3.8, 4) is 5.75 Å². The summed E-state index contributed by atoms with van der Waals surface area (Å²) in [4.78, 5) is 42.1. The third-order valence-corrected chi connectivity index (χ3v) is 6.57. The van der Waals surface area contributed by atoms with Gasteiger partial charge in [-0.15, -0.1) is 0 Å². The molecule has 0 bridgehead atoms. The molecule has 200 valence electrons. The van der Waals surface area contributed by atoms with Gasteiger partial charge in [-0.25, -0.2) is 4.39 Å². The predicted octanol–water partition coefficient (Wildman–Crippen LogP) is 4.21. The Morgan fingerprint density at radius 1 is 1.16 bits per heavy atom. The molecule has 0 fully saturated rings. The molecular formula is C28H36FN3O5. The Morgan fingerprint density at radius 3 is 2.57 bits per heavy atom. The van der Waals surface area contributed by atoms with Gasteiger partial charge in [0.1, 0.15) is 18.2 Å². The molecular weight excluding hydrogens is 477 g/mol. The van der Waals surface area contributed by atoms with Gasteiger partial charge in [-0.05, 0) is 37.6 Å². The number of carbonyl (C=O) groups excluding carboxylic acids is 3. The van der Waals surface area contributed by atoms with Gasteiger partial charge < -0.3 is 24.6 Å². The Bertz CT molecular complexity index is 1120. The lowest BCUT2D eigenvalue weighted by Gasteiger charge is -2.36. The number of rotatable bonds is 5. The summed E-state index contributed by atoms with van der Waals surface area (Å²) in [5.74, 6) is -1.29. The van der Waals surface area contributed by atoms with Gasteiger partial charge in [-0.1, -0.05) is 26.0 Å². The number of likely N-dealkylation sites (N-methyl/N-ethyl adjacent to an activating group) is 1. The van der Waals surface area contributed by atoms with Crippen LogP contribution in [0.3, 0.4) is 0 Å². The highest BCUT2D eigenvalue weighted by Gasteiger charge is 2.31. The molecule has 8 nitrogen and oxygen atoms in total. The summed E-state index contributed by atoms with van der Waals surface area (Å²) in [5.41, 5.74) is 0.824. The smallest absolute Gasteiger partial charge is 0.257 e. The zero-order valence-electron chi connectivity index (χ0n) is 22.1. The van der Waals surface area contributed by atoms with Gasteiger partial charge in [-0.3, -0.25) is 14.4 Å². The molecule has 0 saturated heterocycles. The monoisotopic (exact) mass is 513 g/mol. The molecule has 0 saturated carbocycles. The fourth-order valence-electron chi connectivity index (χ4n) is 4.37. The lowest BCUT2D eigenvalue weighted by atomic mass is 10.0. The van der Waals surface area contributed by atoms with Crippen LogP contribution in [0.1, 0.15) is 54.3 Å². The van der Waals surface area contributed by atoms with E-state index in [0.29, 0.717) is 29.8 Å². The van der Waals surface area contributed by atoms with Gasteiger partial charge in [0.15, 0.2) is 0 Å². The molecule has 2 aromatic carbocycles. The predicted molar refractivity (Wildman–Crippen MR) is 139 cm³/mol. The lowest BCUT2D eigenvalue weighted by molar-refractivity contribution is -0.116. The zero-order chi connectivity index (χ0) is 27.1. The Balaban J connectivity index is 1.99. The molecule has 1 aliphatic rings. The maximum Gasteiger partial charge on any atom is 0.257 e. The number of fused-ring (bicyclic) bond motifs is 1. The molecule has 37 heavy (non-hydrogen) atoms. The van der Waals surface area contributed by atoms with Gasteiger partial charge >= 0.3 is 0 Å². The molecule has 0 spiro atoms. The minimum atomic E-state index is -0.592. The Hall–Kier alpha value is -3.46. The van der Waals surface area contributed by atoms with Crippen molar-refractivity contribution in [2.45, 2.75) is 45.8 Å². The molecule has 9 heteroatoms. The van der Waals surface area contributed by atoms with E-state index in [1.54, 1.807) is 54.3 Å². The first-order valence-electron chi connectivity index (χ1n) is 12.6. The molecule has 0 radical (unpaired) electrons. The molecule has 2 aromatic rings. The number of hydrogen-bond donors (Lipinski definition) is 1. The van der Waals surface area contributed by atoms with Crippen molar-refractivity contribution in [2.75, 3.05) is 39.2 Å². The van der Waals surface area contributed by atoms with E-state index in [-0.39, 0.29) is 49.1 Å². The normalized spacial score (nSPS) is 20.8. The van der Waals surface area contributed by atoms with Crippen molar-refractivity contribution < 1.29 is 28.2 Å². The Kier molecular flexibility index (Phi) is 9.63. The number of nitrogens with one attached hydrogen (secondary N) is 1. The van der Waals surface area contributed by atoms with E-state index < -0.39 is 17.8 Å². The second-order valence-electron chi connectivity index (χ2n) is 9.54. The molecule has 3 atom stereocenters. The first kappa shape index (κ1) is 28.1. The maximum atomic E-state index is 14.5. The summed E-state index contributed by atoms with van der Waals surface area (Å²) >= 11 is 0. The summed E-state index contributed by atoms with van der Waals surface area (Å²) in [5, 5.41) is 2.82. The van der Waals surface area contributed by atoms with Gasteiger partial charge in [0, 0.05) is 51.3 Å². The summed E-state index contributed by atoms with van der Waals surface area (Å²) in [6, 6.07) is 10.3. The van der Waals surface area contributed by atoms with Gasteiger partial charge in [0.05, 0.1) is 23.3 Å². The number of hydrogen-bond acceptors (Lipinski definition) is 5. The van der Waals surface area contributed by atoms with Crippen molar-refractivity contribution in [3.05, 3.63) is 59.4 Å². The van der Waals surface area contributed by atoms with E-state index in [1.165, 1.54) is 12.1 Å². The van der Waals surface area contributed by atoms with Crippen LogP contribution in [0.2, 0.25) is 0 Å². The highest BCUT2D eigenvalue weighted by atomic mass is 19.1. The van der Waals surface area contributed by atoms with Crippen LogP contribution in [0.4, 0.5) is 10.1 Å². The van der Waals surface area contributed by atoms with Crippen LogP contribution in [0.15, 0.2) is 42.5 Å². The first-order chi connectivity index (χ1) is 17.7. The van der Waals surface area contributed by atoms with Crippen molar-refractivity contribution in [2.24, 2.45) is 5.92 Å². The molecule has 1 heterocycles. The Morgan fingerprint density at radius 2 is 1.89 bits per heavy atom. The number of benzene rings is 2. The average molecular weight is 514 g/mol. The van der Waals surface area contributed by atoms with Crippen LogP contribution < -0.4 is 10.1 Å². The van der Waals surface area contributed by atoms with E-state index >= 15 is 0 Å². The second-order valence-corrected chi connectivity index (χ2v) is 9.54. The van der Waals surface area contributed by atoms with E-state index in [2.05, 4.69) is 5.32 Å². The SMILES string of the molecule is CCCC(=O)Nc1ccc2c(c1)OC[C@@H](C)N(C(=O)c1ccccc1F)C[C@H](C)[C@H](OC)CN(C)C2=O. The minimum absolute atomic E-state index is 0.0174. The molecule has 0 aromatic heterocycles. The molecule has 0 unspecified atom stereocenters. The standard InChI is InChI=1S/C28H36FN3O5/c1-6-9-26(33)30-20-12-13-22-24(14-20)37-17-19(3)32(28(35)21-10-7-8-11-23(21)29)15-18(2)25(36-5)16-31(4)27(22)34/h7-8,10-14,18-19,25H,6,9,15-17H2,1-5H3,(H,30,33)/t18-,19+,25+/m0/s1. The number of ether oxygens (including phenoxy) is 2. The number of carbonyl (C=O) groups is 3. The number of anilines is 1. The van der Waals surface area contributed by atoms with E-state index in [0.717, 1.165) is 0 Å². The van der Waals surface area contributed by atoms with Gasteiger partial charge in [0.25, 0.3) is 11.8 Å². The van der Waals surface area contributed by atoms with Crippen LogP contribution in [-0.4, -0.2) is 73.5 Å². The van der Waals surface area contributed by atoms with Crippen LogP contribution in [0.5, 0.6) is 5.75 Å². The van der Waals surface area contributed by atoms with Gasteiger partial charge in [0.2, 0.25) is 5.91 Å². The largest absolute Gasteiger partial charge is 0.491 e. The van der Waals surface area contributed by atoms with E-state index in [1.807, 2.05) is 20.8 Å². The van der Waals surface area contributed by atoms with Crippen LogP contribution in [-0.2, 0) is 9.53 Å². The van der Waals surface area contributed by atoms with Crippen LogP contribution in [0, 0.1) is 11.7 Å². The number of halogens is 1. The average Bonchev–Trinajstić information content (AvgIpc) is 2.87. The summed E-state index contributed by atoms with van der Waals surface area (Å²) in [6.45, 7) is 6.28. The molecule has 3 rings (SSSR count). The van der Waals surface area contributed by atoms with Crippen molar-refractivity contribution in [1.82, 2.24) is 9.80 Å². The highest BCUT2D eigenvalue weighted by molar-refractivity contribution is 5.98. The van der Waals surface area contributed by atoms with E-state index in [4.69, 9.17) is 9.47 Å².